The summed E-state index contributed by atoms with van der Waals surface area (Å²) in [4.78, 5) is 100. The number of carbonyl (C=O) groups excluding carboxylic acids is 5. The first-order valence-corrected chi connectivity index (χ1v) is 25.8. The number of fused-ring (bicyclic) bond motifs is 1. The number of aryl methyl sites for hydroxylation is 1. The Balaban J connectivity index is 0.836. The number of hydrogen-bond donors (Lipinski definition) is 5. The lowest BCUT2D eigenvalue weighted by Crippen LogP contribution is -2.59. The molecule has 394 valence electrons. The van der Waals surface area contributed by atoms with Gasteiger partial charge in [-0.3, -0.25) is 38.2 Å². The molecule has 0 spiro atoms. The molecule has 3 aromatic heterocycles. The van der Waals surface area contributed by atoms with Gasteiger partial charge in [-0.25, -0.2) is 18.7 Å². The largest absolute Gasteiger partial charge is 0.368 e. The monoisotopic (exact) mass is 1010 g/mol. The number of nitrogens with zero attached hydrogens (tertiary/aromatic N) is 7. The summed E-state index contributed by atoms with van der Waals surface area (Å²) in [6.45, 7) is 14.8. The van der Waals surface area contributed by atoms with Gasteiger partial charge >= 0.3 is 0 Å². The number of likely N-dealkylation sites (tertiary alicyclic amines) is 1. The summed E-state index contributed by atoms with van der Waals surface area (Å²) in [6.07, 6.45) is 12.2. The number of amides is 4. The van der Waals surface area contributed by atoms with E-state index in [9.17, 15) is 37.5 Å². The Labute approximate surface area is 425 Å². The van der Waals surface area contributed by atoms with E-state index < -0.39 is 64.6 Å². The van der Waals surface area contributed by atoms with E-state index in [1.165, 1.54) is 17.9 Å². The number of benzene rings is 1. The number of carbonyl (C=O) groups is 5. The summed E-state index contributed by atoms with van der Waals surface area (Å²) >= 11 is 0. The molecule has 7 rings (SSSR count). The average Bonchev–Trinajstić information content (AvgIpc) is 4.05. The molecule has 4 aromatic rings. The summed E-state index contributed by atoms with van der Waals surface area (Å²) in [5.41, 5.74) is 0.663. The zero-order chi connectivity index (χ0) is 52.6. The minimum absolute atomic E-state index is 0.00880. The summed E-state index contributed by atoms with van der Waals surface area (Å²) in [7, 11) is 1.62. The van der Waals surface area contributed by atoms with Crippen molar-refractivity contribution in [3.63, 3.8) is 0 Å². The topological polar surface area (TPSA) is 216 Å². The molecule has 20 heteroatoms. The highest BCUT2D eigenvalue weighted by atomic mass is 19.1. The standard InChI is InChI=1S/C53H72F2N12O6/c1-32-38-30-58-52(63-47(38)67(36-16-12-13-17-36)50(72)44(32)34(3)68)60-42-22-21-37(29-57-42)65-26-24-64(25-27-65)23-14-10-8-9-11-20-43(69)59-35-28-41(49(71)61-45-39(54)18-15-19-40(45)55)66(31-35)51(73)46(53(4,5)6)62-48(70)33(2)56-7/h15,18-19,21-22,29-30,33,35-36,41,46,56H,8-14,16-17,20,23-28,31H2,1-7H3,(H,59,69)(H,61,71)(H,62,70)(H,57,58,60,63). The number of nitrogens with one attached hydrogen (secondary N) is 5. The average molecular weight is 1010 g/mol. The number of hydrogen-bond acceptors (Lipinski definition) is 13. The number of para-hydroxylation sites is 1. The van der Waals surface area contributed by atoms with Gasteiger partial charge in [-0.1, -0.05) is 58.9 Å². The van der Waals surface area contributed by atoms with Gasteiger partial charge in [-0.15, -0.1) is 0 Å². The van der Waals surface area contributed by atoms with Gasteiger partial charge in [0.05, 0.1) is 23.5 Å². The van der Waals surface area contributed by atoms with Gasteiger partial charge in [0.2, 0.25) is 29.6 Å². The van der Waals surface area contributed by atoms with Gasteiger partial charge in [-0.2, -0.15) is 4.98 Å². The van der Waals surface area contributed by atoms with Crippen molar-refractivity contribution in [2.24, 2.45) is 5.41 Å². The predicted molar refractivity (Wildman–Crippen MR) is 277 cm³/mol. The van der Waals surface area contributed by atoms with Crippen molar-refractivity contribution in [1.82, 2.24) is 45.3 Å². The van der Waals surface area contributed by atoms with E-state index in [2.05, 4.69) is 46.4 Å². The smallest absolute Gasteiger partial charge is 0.263 e. The number of ketones is 1. The molecule has 1 aliphatic carbocycles. The second-order valence-corrected chi connectivity index (χ2v) is 20.9. The lowest BCUT2D eigenvalue weighted by Gasteiger charge is -2.36. The third kappa shape index (κ3) is 13.2. The number of anilines is 4. The van der Waals surface area contributed by atoms with Crippen LogP contribution in [0.2, 0.25) is 0 Å². The first-order chi connectivity index (χ1) is 34.8. The molecule has 5 heterocycles. The molecule has 2 saturated heterocycles. The second-order valence-electron chi connectivity index (χ2n) is 20.9. The predicted octanol–water partition coefficient (Wildman–Crippen LogP) is 6.16. The number of piperazine rings is 1. The highest BCUT2D eigenvalue weighted by Gasteiger charge is 2.46. The third-order valence-electron chi connectivity index (χ3n) is 14.5. The molecule has 4 unspecified atom stereocenters. The summed E-state index contributed by atoms with van der Waals surface area (Å²) in [6, 6.07) is 3.73. The van der Waals surface area contributed by atoms with E-state index in [-0.39, 0.29) is 48.2 Å². The molecular weight excluding hydrogens is 939 g/mol. The molecule has 4 atom stereocenters. The summed E-state index contributed by atoms with van der Waals surface area (Å²) < 4.78 is 30.9. The number of Topliss-reactive ketones (excluding diaryl/α,β-unsaturated/α-hetero) is 1. The SMILES string of the molecule is CNC(C)C(=O)NC(C(=O)N1CC(NC(=O)CCCCCCCN2CCN(c3ccc(Nc4ncc5c(C)c(C(C)=O)c(=O)n(C6CCCC6)c5n4)nc3)CC2)CC1C(=O)Nc1c(F)cccc1F)C(C)(C)C. The van der Waals surface area contributed by atoms with Crippen LogP contribution in [-0.4, -0.2) is 129 Å². The van der Waals surface area contributed by atoms with Crippen molar-refractivity contribution in [3.8, 4) is 0 Å². The highest BCUT2D eigenvalue weighted by Crippen LogP contribution is 2.33. The van der Waals surface area contributed by atoms with E-state index in [0.717, 1.165) is 102 Å². The Morgan fingerprint density at radius 2 is 1.58 bits per heavy atom. The van der Waals surface area contributed by atoms with Gasteiger partial charge in [0.25, 0.3) is 5.56 Å². The van der Waals surface area contributed by atoms with Crippen LogP contribution in [0.15, 0.2) is 47.5 Å². The number of likely N-dealkylation sites (N-methyl/N-ethyl adjacent to an activating group) is 1. The Bertz CT molecular complexity index is 2680. The third-order valence-corrected chi connectivity index (χ3v) is 14.5. The van der Waals surface area contributed by atoms with Crippen molar-refractivity contribution in [3.05, 3.63) is 75.8 Å². The number of pyridine rings is 2. The molecule has 73 heavy (non-hydrogen) atoms. The van der Waals surface area contributed by atoms with Crippen molar-refractivity contribution < 1.29 is 32.8 Å². The van der Waals surface area contributed by atoms with Crippen LogP contribution < -0.4 is 37.0 Å². The van der Waals surface area contributed by atoms with Gasteiger partial charge in [0.1, 0.15) is 40.9 Å². The molecule has 18 nitrogen and oxygen atoms in total. The van der Waals surface area contributed by atoms with Crippen molar-refractivity contribution in [2.75, 3.05) is 61.8 Å². The molecule has 2 aliphatic heterocycles. The number of rotatable bonds is 20. The lowest BCUT2D eigenvalue weighted by molar-refractivity contribution is -0.143. The fraction of sp³-hybridized carbons (Fsp3) is 0.566. The summed E-state index contributed by atoms with van der Waals surface area (Å²) in [5.74, 6) is -3.25. The van der Waals surface area contributed by atoms with Crippen LogP contribution in [0.1, 0.15) is 127 Å². The van der Waals surface area contributed by atoms with Gasteiger partial charge in [-0.05, 0) is 102 Å². The molecule has 5 N–H and O–H groups in total. The van der Waals surface area contributed by atoms with Crippen LogP contribution in [0.25, 0.3) is 11.0 Å². The molecular formula is C53H72F2N12O6. The Morgan fingerprint density at radius 3 is 2.22 bits per heavy atom. The first-order valence-electron chi connectivity index (χ1n) is 25.8. The van der Waals surface area contributed by atoms with E-state index in [4.69, 9.17) is 4.98 Å². The molecule has 0 bridgehead atoms. The number of unbranched alkanes of at least 4 members (excludes halogenated alkanes) is 4. The number of halogens is 2. The molecule has 1 saturated carbocycles. The second kappa shape index (κ2) is 24.1. The van der Waals surface area contributed by atoms with Crippen LogP contribution in [0.5, 0.6) is 0 Å². The zero-order valence-electron chi connectivity index (χ0n) is 43.3. The van der Waals surface area contributed by atoms with Crippen molar-refractivity contribution in [1.29, 1.82) is 0 Å². The maximum absolute atomic E-state index is 14.6. The van der Waals surface area contributed by atoms with Crippen LogP contribution >= 0.6 is 0 Å². The molecule has 3 fully saturated rings. The van der Waals surface area contributed by atoms with Crippen LogP contribution in [0.4, 0.5) is 31.9 Å². The normalized spacial score (nSPS) is 18.4. The van der Waals surface area contributed by atoms with E-state index in [1.54, 1.807) is 52.4 Å². The van der Waals surface area contributed by atoms with E-state index in [1.807, 2.05) is 18.3 Å². The van der Waals surface area contributed by atoms with Gasteiger partial charge in [0, 0.05) is 62.8 Å². The van der Waals surface area contributed by atoms with Crippen LogP contribution in [-0.2, 0) is 19.2 Å². The minimum atomic E-state index is -1.17. The Hall–Kier alpha value is -6.41. The van der Waals surface area contributed by atoms with E-state index >= 15 is 0 Å². The fourth-order valence-corrected chi connectivity index (χ4v) is 10.2. The molecule has 1 aromatic carbocycles. The molecule has 4 amide bonds. The lowest BCUT2D eigenvalue weighted by atomic mass is 9.85. The maximum atomic E-state index is 14.6. The maximum Gasteiger partial charge on any atom is 0.263 e. The van der Waals surface area contributed by atoms with Gasteiger partial charge in [0.15, 0.2) is 5.78 Å². The van der Waals surface area contributed by atoms with E-state index in [0.29, 0.717) is 34.8 Å². The summed E-state index contributed by atoms with van der Waals surface area (Å²) in [5, 5.41) is 14.9. The van der Waals surface area contributed by atoms with Crippen LogP contribution in [0, 0.1) is 24.0 Å². The number of aromatic nitrogens is 4. The van der Waals surface area contributed by atoms with Crippen LogP contribution in [0.3, 0.4) is 0 Å². The quantitative estimate of drug-likeness (QED) is 0.0496. The molecule has 3 aliphatic rings. The van der Waals surface area contributed by atoms with Gasteiger partial charge < -0.3 is 36.4 Å². The first kappa shape index (κ1) is 54.4. The van der Waals surface area contributed by atoms with Crippen molar-refractivity contribution >= 4 is 63.6 Å². The minimum Gasteiger partial charge on any atom is -0.368 e. The Morgan fingerprint density at radius 1 is 0.890 bits per heavy atom. The molecule has 0 radical (unpaired) electrons. The Kier molecular flexibility index (Phi) is 17.9. The zero-order valence-corrected chi connectivity index (χ0v) is 43.3. The highest BCUT2D eigenvalue weighted by molar-refractivity contribution is 6.00. The fourth-order valence-electron chi connectivity index (χ4n) is 10.2. The van der Waals surface area contributed by atoms with Crippen molar-refractivity contribution in [2.45, 2.75) is 142 Å².